The SMILES string of the molecule is Cc1cc[n+](O)c(S)c1. The van der Waals surface area contributed by atoms with Crippen LogP contribution in [0.25, 0.3) is 0 Å². The predicted octanol–water partition coefficient (Wildman–Crippen LogP) is 0.809. The molecule has 0 aromatic carbocycles. The van der Waals surface area contributed by atoms with Gasteiger partial charge in [0.1, 0.15) is 0 Å². The first kappa shape index (κ1) is 6.42. The lowest BCUT2D eigenvalue weighted by Crippen LogP contribution is -2.31. The molecule has 0 unspecified atom stereocenters. The average Bonchev–Trinajstić information content (AvgIpc) is 1.80. The van der Waals surface area contributed by atoms with Gasteiger partial charge in [-0.25, -0.2) is 0 Å². The Balaban J connectivity index is 3.17. The molecule has 0 radical (unpaired) electrons. The Labute approximate surface area is 59.1 Å². The Hall–Kier alpha value is -0.700. The Morgan fingerprint density at radius 2 is 2.33 bits per heavy atom. The van der Waals surface area contributed by atoms with Gasteiger partial charge in [-0.05, 0) is 12.5 Å². The molecule has 0 fully saturated rings. The van der Waals surface area contributed by atoms with Gasteiger partial charge in [-0.3, -0.25) is 5.21 Å². The third kappa shape index (κ3) is 1.36. The fraction of sp³-hybridized carbons (Fsp3) is 0.167. The van der Waals surface area contributed by atoms with E-state index in [0.717, 1.165) is 10.3 Å². The van der Waals surface area contributed by atoms with Crippen molar-refractivity contribution < 1.29 is 9.94 Å². The van der Waals surface area contributed by atoms with Crippen LogP contribution in [-0.4, -0.2) is 5.21 Å². The van der Waals surface area contributed by atoms with Gasteiger partial charge < -0.3 is 0 Å². The van der Waals surface area contributed by atoms with Gasteiger partial charge in [0.15, 0.2) is 0 Å². The summed E-state index contributed by atoms with van der Waals surface area (Å²) >= 11 is 3.98. The van der Waals surface area contributed by atoms with Crippen LogP contribution in [0.15, 0.2) is 23.4 Å². The number of nitrogens with zero attached hydrogens (tertiary/aromatic N) is 1. The van der Waals surface area contributed by atoms with E-state index < -0.39 is 0 Å². The van der Waals surface area contributed by atoms with Gasteiger partial charge >= 0.3 is 0 Å². The third-order valence-electron chi connectivity index (χ3n) is 1.07. The molecule has 1 rings (SSSR count). The molecule has 1 aromatic rings. The zero-order chi connectivity index (χ0) is 6.85. The van der Waals surface area contributed by atoms with E-state index in [4.69, 9.17) is 5.21 Å². The third-order valence-corrected chi connectivity index (χ3v) is 1.40. The van der Waals surface area contributed by atoms with Crippen LogP contribution in [0.2, 0.25) is 0 Å². The molecule has 48 valence electrons. The van der Waals surface area contributed by atoms with Gasteiger partial charge in [-0.15, -0.1) is 0 Å². The number of rotatable bonds is 0. The molecule has 0 aliphatic carbocycles. The van der Waals surface area contributed by atoms with Crippen molar-refractivity contribution in [3.8, 4) is 0 Å². The minimum absolute atomic E-state index is 0.551. The topological polar surface area (TPSA) is 24.1 Å². The van der Waals surface area contributed by atoms with Crippen LogP contribution in [0.3, 0.4) is 0 Å². The molecule has 0 saturated carbocycles. The van der Waals surface area contributed by atoms with Crippen molar-refractivity contribution in [1.82, 2.24) is 0 Å². The molecule has 0 spiro atoms. The van der Waals surface area contributed by atoms with Crippen LogP contribution in [0.1, 0.15) is 5.56 Å². The van der Waals surface area contributed by atoms with Crippen molar-refractivity contribution in [1.29, 1.82) is 0 Å². The zero-order valence-corrected chi connectivity index (χ0v) is 5.97. The second-order valence-electron chi connectivity index (χ2n) is 1.91. The summed E-state index contributed by atoms with van der Waals surface area (Å²) in [7, 11) is 0. The quantitative estimate of drug-likeness (QED) is 0.312. The highest BCUT2D eigenvalue weighted by Crippen LogP contribution is 1.99. The molecule has 3 heteroatoms. The van der Waals surface area contributed by atoms with Crippen LogP contribution in [0, 0.1) is 6.92 Å². The van der Waals surface area contributed by atoms with Crippen molar-refractivity contribution >= 4 is 12.6 Å². The maximum Gasteiger partial charge on any atom is 0.288 e. The number of pyridine rings is 1. The summed E-state index contributed by atoms with van der Waals surface area (Å²) in [5.74, 6) is 0. The first-order valence-corrected chi connectivity index (χ1v) is 3.05. The molecule has 0 bridgehead atoms. The van der Waals surface area contributed by atoms with Crippen LogP contribution in [-0.2, 0) is 0 Å². The van der Waals surface area contributed by atoms with Gasteiger partial charge in [0, 0.05) is 16.9 Å². The summed E-state index contributed by atoms with van der Waals surface area (Å²) in [6.45, 7) is 1.94. The van der Waals surface area contributed by atoms with Crippen molar-refractivity contribution in [2.24, 2.45) is 0 Å². The molecule has 9 heavy (non-hydrogen) atoms. The Morgan fingerprint density at radius 1 is 1.67 bits per heavy atom. The standard InChI is InChI=1S/C6H7NOS/c1-5-2-3-7(8)6(9)4-5/h2-4,8H,1H3/p+1. The molecular weight excluding hydrogens is 134 g/mol. The van der Waals surface area contributed by atoms with E-state index in [1.165, 1.54) is 0 Å². The second-order valence-corrected chi connectivity index (χ2v) is 2.37. The first-order valence-electron chi connectivity index (χ1n) is 2.60. The maximum absolute atomic E-state index is 8.88. The molecule has 0 saturated heterocycles. The van der Waals surface area contributed by atoms with Crippen LogP contribution in [0.4, 0.5) is 0 Å². The van der Waals surface area contributed by atoms with E-state index >= 15 is 0 Å². The highest BCUT2D eigenvalue weighted by molar-refractivity contribution is 7.80. The maximum atomic E-state index is 8.88. The second kappa shape index (κ2) is 2.27. The zero-order valence-electron chi connectivity index (χ0n) is 5.07. The molecule has 1 aromatic heterocycles. The van der Waals surface area contributed by atoms with Crippen LogP contribution < -0.4 is 4.73 Å². The minimum atomic E-state index is 0.551. The smallest absolute Gasteiger partial charge is 0.284 e. The normalized spacial score (nSPS) is 9.56. The summed E-state index contributed by atoms with van der Waals surface area (Å²) < 4.78 is 0.968. The van der Waals surface area contributed by atoms with Gasteiger partial charge in [-0.1, -0.05) is 12.6 Å². The highest BCUT2D eigenvalue weighted by atomic mass is 32.1. The van der Waals surface area contributed by atoms with Gasteiger partial charge in [0.25, 0.3) is 5.03 Å². The summed E-state index contributed by atoms with van der Waals surface area (Å²) in [6, 6.07) is 3.59. The van der Waals surface area contributed by atoms with Crippen LogP contribution >= 0.6 is 12.6 Å². The molecular formula is C6H8NOS+. The van der Waals surface area contributed by atoms with Gasteiger partial charge in [0.05, 0.1) is 0 Å². The Morgan fingerprint density at radius 3 is 2.78 bits per heavy atom. The lowest BCUT2D eigenvalue weighted by molar-refractivity contribution is -0.932. The van der Waals surface area contributed by atoms with Gasteiger partial charge in [0.2, 0.25) is 6.20 Å². The minimum Gasteiger partial charge on any atom is -0.284 e. The molecule has 1 heterocycles. The van der Waals surface area contributed by atoms with E-state index in [-0.39, 0.29) is 0 Å². The molecule has 0 aliphatic heterocycles. The molecule has 0 amide bonds. The van der Waals surface area contributed by atoms with Crippen molar-refractivity contribution in [2.75, 3.05) is 0 Å². The Kier molecular flexibility index (Phi) is 1.62. The first-order chi connectivity index (χ1) is 4.20. The molecule has 2 nitrogen and oxygen atoms in total. The van der Waals surface area contributed by atoms with Crippen LogP contribution in [0.5, 0.6) is 0 Å². The average molecular weight is 142 g/mol. The number of thiol groups is 1. The summed E-state index contributed by atoms with van der Waals surface area (Å²) in [4.78, 5) is 0. The lowest BCUT2D eigenvalue weighted by atomic mass is 10.3. The monoisotopic (exact) mass is 142 g/mol. The fourth-order valence-electron chi connectivity index (χ4n) is 0.582. The van der Waals surface area contributed by atoms with E-state index in [0.29, 0.717) is 5.03 Å². The van der Waals surface area contributed by atoms with Crippen molar-refractivity contribution in [2.45, 2.75) is 11.9 Å². The number of aromatic nitrogens is 1. The molecule has 1 N–H and O–H groups in total. The molecule has 0 aliphatic rings. The molecule has 0 atom stereocenters. The predicted molar refractivity (Wildman–Crippen MR) is 35.8 cm³/mol. The number of hydrogen-bond acceptors (Lipinski definition) is 2. The summed E-state index contributed by atoms with van der Waals surface area (Å²) in [5.41, 5.74) is 1.09. The van der Waals surface area contributed by atoms with Crippen molar-refractivity contribution in [3.05, 3.63) is 23.9 Å². The largest absolute Gasteiger partial charge is 0.288 e. The van der Waals surface area contributed by atoms with Crippen molar-refractivity contribution in [3.63, 3.8) is 0 Å². The van der Waals surface area contributed by atoms with E-state index in [1.807, 2.05) is 6.92 Å². The van der Waals surface area contributed by atoms with E-state index in [1.54, 1.807) is 18.3 Å². The fourth-order valence-corrected chi connectivity index (χ4v) is 0.853. The number of hydrogen-bond donors (Lipinski definition) is 2. The van der Waals surface area contributed by atoms with Gasteiger partial charge in [-0.2, -0.15) is 0 Å². The van der Waals surface area contributed by atoms with E-state index in [9.17, 15) is 0 Å². The Bertz CT molecular complexity index is 224. The number of aryl methyl sites for hydroxylation is 1. The summed E-state index contributed by atoms with van der Waals surface area (Å²) in [6.07, 6.45) is 1.55. The lowest BCUT2D eigenvalue weighted by Gasteiger charge is -1.88. The summed E-state index contributed by atoms with van der Waals surface area (Å²) in [5, 5.41) is 9.43. The van der Waals surface area contributed by atoms with E-state index in [2.05, 4.69) is 12.6 Å². The highest BCUT2D eigenvalue weighted by Gasteiger charge is 2.01.